The highest BCUT2D eigenvalue weighted by atomic mass is 16.3. The van der Waals surface area contributed by atoms with Crippen molar-refractivity contribution in [2.24, 2.45) is 4.99 Å². The first-order valence-electron chi connectivity index (χ1n) is 9.68. The molecule has 1 aliphatic rings. The zero-order chi connectivity index (χ0) is 16.2. The number of aliphatic imine (C=N–C) groups is 1. The van der Waals surface area contributed by atoms with Crippen LogP contribution in [0.4, 0.5) is 0 Å². The maximum atomic E-state index is 10.0. The van der Waals surface area contributed by atoms with Crippen molar-refractivity contribution in [2.75, 3.05) is 13.1 Å². The molecule has 2 atom stereocenters. The van der Waals surface area contributed by atoms with Gasteiger partial charge in [0.15, 0.2) is 0 Å². The van der Waals surface area contributed by atoms with Crippen LogP contribution < -0.4 is 0 Å². The molecule has 1 N–H and O–H groups in total. The van der Waals surface area contributed by atoms with Crippen molar-refractivity contribution in [1.29, 1.82) is 0 Å². The SMILES string of the molecule is CCCCCCCCCCC1=NCCN1C(CCC)C(C)O. The van der Waals surface area contributed by atoms with Gasteiger partial charge in [0.2, 0.25) is 0 Å². The van der Waals surface area contributed by atoms with Crippen LogP contribution >= 0.6 is 0 Å². The Kier molecular flexibility index (Phi) is 10.6. The summed E-state index contributed by atoms with van der Waals surface area (Å²) in [6, 6.07) is 0.264. The Hall–Kier alpha value is -0.570. The normalized spacial score (nSPS) is 17.6. The van der Waals surface area contributed by atoms with Crippen molar-refractivity contribution in [1.82, 2.24) is 4.90 Å². The van der Waals surface area contributed by atoms with Gasteiger partial charge in [0.25, 0.3) is 0 Å². The Morgan fingerprint density at radius 1 is 1.00 bits per heavy atom. The smallest absolute Gasteiger partial charge is 0.0993 e. The minimum Gasteiger partial charge on any atom is -0.391 e. The van der Waals surface area contributed by atoms with Gasteiger partial charge in [-0.25, -0.2) is 0 Å². The predicted molar refractivity (Wildman–Crippen MR) is 96.6 cm³/mol. The Morgan fingerprint density at radius 3 is 2.23 bits per heavy atom. The van der Waals surface area contributed by atoms with Gasteiger partial charge in [0, 0.05) is 13.0 Å². The summed E-state index contributed by atoms with van der Waals surface area (Å²) < 4.78 is 0. The van der Waals surface area contributed by atoms with Gasteiger partial charge in [-0.3, -0.25) is 4.99 Å². The Labute approximate surface area is 138 Å². The van der Waals surface area contributed by atoms with E-state index in [2.05, 4.69) is 18.7 Å². The van der Waals surface area contributed by atoms with E-state index in [0.29, 0.717) is 0 Å². The van der Waals surface area contributed by atoms with Crippen LogP contribution in [0.25, 0.3) is 0 Å². The van der Waals surface area contributed by atoms with Crippen LogP contribution in [0.1, 0.15) is 91.4 Å². The molecule has 0 aromatic heterocycles. The lowest BCUT2D eigenvalue weighted by atomic mass is 10.0. The molecule has 22 heavy (non-hydrogen) atoms. The van der Waals surface area contributed by atoms with Gasteiger partial charge in [-0.1, -0.05) is 65.2 Å². The van der Waals surface area contributed by atoms with Crippen LogP contribution in [-0.2, 0) is 0 Å². The van der Waals surface area contributed by atoms with E-state index in [4.69, 9.17) is 4.99 Å². The molecule has 1 heterocycles. The van der Waals surface area contributed by atoms with Gasteiger partial charge < -0.3 is 10.0 Å². The highest BCUT2D eigenvalue weighted by Gasteiger charge is 2.27. The standard InChI is InChI=1S/C19H38N2O/c1-4-6-7-8-9-10-11-12-14-19-20-15-16-21(19)18(13-5-2)17(3)22/h17-18,22H,4-16H2,1-3H3. The molecule has 0 spiro atoms. The minimum atomic E-state index is -0.262. The van der Waals surface area contributed by atoms with E-state index in [9.17, 15) is 5.11 Å². The molecule has 3 nitrogen and oxygen atoms in total. The Balaban J connectivity index is 2.21. The molecule has 0 radical (unpaired) electrons. The largest absolute Gasteiger partial charge is 0.391 e. The average Bonchev–Trinajstić information content (AvgIpc) is 2.95. The summed E-state index contributed by atoms with van der Waals surface area (Å²) in [4.78, 5) is 7.08. The third-order valence-corrected chi connectivity index (χ3v) is 4.76. The Morgan fingerprint density at radius 2 is 1.64 bits per heavy atom. The van der Waals surface area contributed by atoms with E-state index in [1.54, 1.807) is 0 Å². The van der Waals surface area contributed by atoms with E-state index in [0.717, 1.165) is 32.4 Å². The molecule has 1 rings (SSSR count). The van der Waals surface area contributed by atoms with Gasteiger partial charge in [-0.2, -0.15) is 0 Å². The zero-order valence-corrected chi connectivity index (χ0v) is 15.2. The van der Waals surface area contributed by atoms with Crippen molar-refractivity contribution < 1.29 is 5.11 Å². The monoisotopic (exact) mass is 310 g/mol. The maximum absolute atomic E-state index is 10.0. The molecule has 0 amide bonds. The minimum absolute atomic E-state index is 0.262. The number of aliphatic hydroxyl groups excluding tert-OH is 1. The first-order valence-corrected chi connectivity index (χ1v) is 9.68. The van der Waals surface area contributed by atoms with E-state index >= 15 is 0 Å². The molecule has 1 aliphatic heterocycles. The fourth-order valence-corrected chi connectivity index (χ4v) is 3.46. The second kappa shape index (κ2) is 11.9. The molecule has 0 saturated heterocycles. The molecule has 3 heteroatoms. The summed E-state index contributed by atoms with van der Waals surface area (Å²) in [5, 5.41) is 10.0. The van der Waals surface area contributed by atoms with Gasteiger partial charge >= 0.3 is 0 Å². The predicted octanol–water partition coefficient (Wildman–Crippen LogP) is 4.78. The topological polar surface area (TPSA) is 35.8 Å². The van der Waals surface area contributed by atoms with Crippen molar-refractivity contribution in [3.05, 3.63) is 0 Å². The van der Waals surface area contributed by atoms with Gasteiger partial charge in [0.1, 0.15) is 0 Å². The first kappa shape index (κ1) is 19.5. The van der Waals surface area contributed by atoms with Gasteiger partial charge in [0.05, 0.1) is 24.5 Å². The Bertz CT molecular complexity index is 302. The van der Waals surface area contributed by atoms with Crippen LogP contribution in [-0.4, -0.2) is 41.1 Å². The number of hydrogen-bond acceptors (Lipinski definition) is 3. The lowest BCUT2D eigenvalue weighted by molar-refractivity contribution is 0.0966. The fraction of sp³-hybridized carbons (Fsp3) is 0.947. The van der Waals surface area contributed by atoms with E-state index < -0.39 is 0 Å². The molecule has 0 bridgehead atoms. The second-order valence-corrected chi connectivity index (χ2v) is 6.81. The van der Waals surface area contributed by atoms with Crippen molar-refractivity contribution in [3.8, 4) is 0 Å². The van der Waals surface area contributed by atoms with E-state index in [1.165, 1.54) is 57.2 Å². The summed E-state index contributed by atoms with van der Waals surface area (Å²) in [5.41, 5.74) is 0. The molecule has 2 unspecified atom stereocenters. The van der Waals surface area contributed by atoms with Crippen LogP contribution in [0.15, 0.2) is 4.99 Å². The highest BCUT2D eigenvalue weighted by molar-refractivity contribution is 5.84. The molecule has 0 aromatic carbocycles. The summed E-state index contributed by atoms with van der Waals surface area (Å²) in [7, 11) is 0. The third kappa shape index (κ3) is 7.13. The van der Waals surface area contributed by atoms with Crippen molar-refractivity contribution >= 4 is 5.84 Å². The molecule has 0 fully saturated rings. The first-order chi connectivity index (χ1) is 10.7. The molecule has 0 aliphatic carbocycles. The molecule has 130 valence electrons. The maximum Gasteiger partial charge on any atom is 0.0993 e. The van der Waals surface area contributed by atoms with Crippen molar-refractivity contribution in [2.45, 2.75) is 104 Å². The fourth-order valence-electron chi connectivity index (χ4n) is 3.46. The molecule has 0 saturated carbocycles. The molecule has 0 aromatic rings. The number of rotatable bonds is 13. The van der Waals surface area contributed by atoms with Crippen LogP contribution in [0.3, 0.4) is 0 Å². The van der Waals surface area contributed by atoms with Gasteiger partial charge in [-0.05, 0) is 19.8 Å². The van der Waals surface area contributed by atoms with Crippen LogP contribution in [0.2, 0.25) is 0 Å². The number of nitrogens with zero attached hydrogens (tertiary/aromatic N) is 2. The number of unbranched alkanes of at least 4 members (excludes halogenated alkanes) is 7. The number of hydrogen-bond donors (Lipinski definition) is 1. The molecular weight excluding hydrogens is 272 g/mol. The van der Waals surface area contributed by atoms with Gasteiger partial charge in [-0.15, -0.1) is 0 Å². The highest BCUT2D eigenvalue weighted by Crippen LogP contribution is 2.19. The van der Waals surface area contributed by atoms with Crippen LogP contribution in [0, 0.1) is 0 Å². The lowest BCUT2D eigenvalue weighted by Crippen LogP contribution is -2.44. The summed E-state index contributed by atoms with van der Waals surface area (Å²) in [5.74, 6) is 1.25. The summed E-state index contributed by atoms with van der Waals surface area (Å²) in [6.45, 7) is 8.31. The summed E-state index contributed by atoms with van der Waals surface area (Å²) >= 11 is 0. The average molecular weight is 311 g/mol. The number of aliphatic hydroxyl groups is 1. The second-order valence-electron chi connectivity index (χ2n) is 6.81. The summed E-state index contributed by atoms with van der Waals surface area (Å²) in [6.07, 6.45) is 13.9. The molecular formula is C19H38N2O. The number of amidine groups is 1. The lowest BCUT2D eigenvalue weighted by Gasteiger charge is -2.32. The van der Waals surface area contributed by atoms with E-state index in [1.807, 2.05) is 6.92 Å². The third-order valence-electron chi connectivity index (χ3n) is 4.76. The zero-order valence-electron chi connectivity index (χ0n) is 15.2. The van der Waals surface area contributed by atoms with E-state index in [-0.39, 0.29) is 12.1 Å². The van der Waals surface area contributed by atoms with Crippen LogP contribution in [0.5, 0.6) is 0 Å². The quantitative estimate of drug-likeness (QED) is 0.497. The van der Waals surface area contributed by atoms with Crippen molar-refractivity contribution in [3.63, 3.8) is 0 Å².